The van der Waals surface area contributed by atoms with Crippen molar-refractivity contribution < 1.29 is 4.79 Å². The van der Waals surface area contributed by atoms with Crippen molar-refractivity contribution >= 4 is 11.9 Å². The van der Waals surface area contributed by atoms with E-state index in [1.54, 1.807) is 12.3 Å². The number of nitrogens with zero attached hydrogens (tertiary/aromatic N) is 2. The van der Waals surface area contributed by atoms with Crippen molar-refractivity contribution in [1.82, 2.24) is 15.3 Å². The first-order chi connectivity index (χ1) is 12.7. The average molecular weight is 346 g/mol. The molecule has 0 aliphatic carbocycles. The van der Waals surface area contributed by atoms with Gasteiger partial charge in [0.2, 0.25) is 5.95 Å². The fraction of sp³-hybridized carbons (Fsp3) is 0.190. The van der Waals surface area contributed by atoms with Gasteiger partial charge in [-0.3, -0.25) is 4.79 Å². The van der Waals surface area contributed by atoms with E-state index < -0.39 is 0 Å². The average Bonchev–Trinajstić information content (AvgIpc) is 2.68. The summed E-state index contributed by atoms with van der Waals surface area (Å²) in [5.74, 6) is 0.256. The molecule has 1 heterocycles. The number of amides is 1. The summed E-state index contributed by atoms with van der Waals surface area (Å²) < 4.78 is 0. The molecule has 3 aromatic rings. The van der Waals surface area contributed by atoms with E-state index in [0.29, 0.717) is 24.7 Å². The third-order valence-corrected chi connectivity index (χ3v) is 4.13. The van der Waals surface area contributed by atoms with Crippen LogP contribution in [0.2, 0.25) is 0 Å². The van der Waals surface area contributed by atoms with Gasteiger partial charge in [0.15, 0.2) is 0 Å². The van der Waals surface area contributed by atoms with Crippen LogP contribution in [0.3, 0.4) is 0 Å². The Kier molecular flexibility index (Phi) is 5.93. The highest BCUT2D eigenvalue weighted by Crippen LogP contribution is 2.07. The van der Waals surface area contributed by atoms with E-state index in [1.165, 1.54) is 5.56 Å². The summed E-state index contributed by atoms with van der Waals surface area (Å²) in [6, 6.07) is 19.8. The van der Waals surface area contributed by atoms with E-state index in [0.717, 1.165) is 17.5 Å². The van der Waals surface area contributed by atoms with Crippen LogP contribution in [0.1, 0.15) is 27.2 Å². The zero-order valence-electron chi connectivity index (χ0n) is 14.8. The third kappa shape index (κ3) is 4.89. The highest BCUT2D eigenvalue weighted by atomic mass is 16.1. The molecule has 26 heavy (non-hydrogen) atoms. The predicted octanol–water partition coefficient (Wildman–Crippen LogP) is 3.37. The van der Waals surface area contributed by atoms with Crippen LogP contribution in [0.25, 0.3) is 0 Å². The minimum absolute atomic E-state index is 0.207. The minimum Gasteiger partial charge on any atom is -0.354 e. The van der Waals surface area contributed by atoms with Gasteiger partial charge in [0, 0.05) is 19.3 Å². The van der Waals surface area contributed by atoms with Crippen LogP contribution in [0, 0.1) is 6.92 Å². The molecule has 0 radical (unpaired) electrons. The summed E-state index contributed by atoms with van der Waals surface area (Å²) in [6.07, 6.45) is 2.47. The van der Waals surface area contributed by atoms with Crippen LogP contribution in [0.4, 0.5) is 5.95 Å². The van der Waals surface area contributed by atoms with Gasteiger partial charge in [0.1, 0.15) is 5.69 Å². The molecule has 0 spiro atoms. The van der Waals surface area contributed by atoms with Crippen LogP contribution in [-0.2, 0) is 13.0 Å². The van der Waals surface area contributed by atoms with Crippen molar-refractivity contribution in [3.05, 3.63) is 89.2 Å². The normalized spacial score (nSPS) is 10.3. The molecule has 3 rings (SSSR count). The molecule has 132 valence electrons. The molecule has 5 heteroatoms. The van der Waals surface area contributed by atoms with Crippen LogP contribution in [-0.4, -0.2) is 22.4 Å². The number of hydrogen-bond acceptors (Lipinski definition) is 4. The lowest BCUT2D eigenvalue weighted by Gasteiger charge is -2.09. The van der Waals surface area contributed by atoms with E-state index >= 15 is 0 Å². The Morgan fingerprint density at radius 1 is 1.00 bits per heavy atom. The van der Waals surface area contributed by atoms with Crippen molar-refractivity contribution in [1.29, 1.82) is 0 Å². The van der Waals surface area contributed by atoms with Crippen molar-refractivity contribution in [2.45, 2.75) is 19.9 Å². The predicted molar refractivity (Wildman–Crippen MR) is 103 cm³/mol. The quantitative estimate of drug-likeness (QED) is 0.688. The number of carbonyl (C=O) groups excluding carboxylic acids is 1. The molecule has 0 aliphatic heterocycles. The standard InChI is InChI=1S/C21H22N4O/c1-16-7-5-6-10-18(16)15-24-20(26)19-12-14-23-21(25-19)22-13-11-17-8-3-2-4-9-17/h2-10,12,14H,11,13,15H2,1H3,(H,24,26)(H,22,23,25). The number of aryl methyl sites for hydroxylation is 1. The van der Waals surface area contributed by atoms with Gasteiger partial charge in [-0.1, -0.05) is 54.6 Å². The maximum Gasteiger partial charge on any atom is 0.270 e. The monoisotopic (exact) mass is 346 g/mol. The number of hydrogen-bond donors (Lipinski definition) is 2. The first-order valence-electron chi connectivity index (χ1n) is 8.66. The summed E-state index contributed by atoms with van der Waals surface area (Å²) in [6.45, 7) is 3.21. The Morgan fingerprint density at radius 3 is 2.58 bits per heavy atom. The first-order valence-corrected chi connectivity index (χ1v) is 8.66. The smallest absolute Gasteiger partial charge is 0.270 e. The van der Waals surface area contributed by atoms with Gasteiger partial charge in [0.05, 0.1) is 0 Å². The lowest BCUT2D eigenvalue weighted by Crippen LogP contribution is -2.24. The molecule has 5 nitrogen and oxygen atoms in total. The number of carbonyl (C=O) groups is 1. The summed E-state index contributed by atoms with van der Waals surface area (Å²) in [4.78, 5) is 20.8. The Balaban J connectivity index is 1.54. The van der Waals surface area contributed by atoms with Crippen LogP contribution in [0.15, 0.2) is 66.9 Å². The van der Waals surface area contributed by atoms with Crippen molar-refractivity contribution in [2.75, 3.05) is 11.9 Å². The lowest BCUT2D eigenvalue weighted by atomic mass is 10.1. The van der Waals surface area contributed by atoms with Gasteiger partial charge in [-0.25, -0.2) is 9.97 Å². The zero-order chi connectivity index (χ0) is 18.2. The number of anilines is 1. The van der Waals surface area contributed by atoms with Crippen molar-refractivity contribution in [3.8, 4) is 0 Å². The SMILES string of the molecule is Cc1ccccc1CNC(=O)c1ccnc(NCCc2ccccc2)n1. The van der Waals surface area contributed by atoms with E-state index in [-0.39, 0.29) is 5.91 Å². The molecule has 1 aromatic heterocycles. The number of nitrogens with one attached hydrogen (secondary N) is 2. The van der Waals surface area contributed by atoms with E-state index in [9.17, 15) is 4.79 Å². The molecular formula is C21H22N4O. The first kappa shape index (κ1) is 17.6. The Labute approximate surface area is 153 Å². The molecule has 0 aliphatic rings. The number of aromatic nitrogens is 2. The second kappa shape index (κ2) is 8.76. The molecule has 0 saturated heterocycles. The lowest BCUT2D eigenvalue weighted by molar-refractivity contribution is 0.0946. The maximum atomic E-state index is 12.3. The summed E-state index contributed by atoms with van der Waals surface area (Å²) >= 11 is 0. The van der Waals surface area contributed by atoms with Gasteiger partial charge < -0.3 is 10.6 Å². The highest BCUT2D eigenvalue weighted by molar-refractivity contribution is 5.92. The topological polar surface area (TPSA) is 66.9 Å². The van der Waals surface area contributed by atoms with E-state index in [4.69, 9.17) is 0 Å². The van der Waals surface area contributed by atoms with Gasteiger partial charge in [0.25, 0.3) is 5.91 Å². The molecule has 0 atom stereocenters. The fourth-order valence-electron chi connectivity index (χ4n) is 2.61. The second-order valence-electron chi connectivity index (χ2n) is 6.04. The Bertz CT molecular complexity index is 865. The molecule has 2 aromatic carbocycles. The molecule has 0 fully saturated rings. The molecule has 0 saturated carbocycles. The summed E-state index contributed by atoms with van der Waals surface area (Å²) in [5, 5.41) is 6.08. The third-order valence-electron chi connectivity index (χ3n) is 4.13. The molecule has 2 N–H and O–H groups in total. The van der Waals surface area contributed by atoms with E-state index in [2.05, 4.69) is 32.7 Å². The molecule has 0 unspecified atom stereocenters. The number of benzene rings is 2. The summed E-state index contributed by atoms with van der Waals surface area (Å²) in [5.41, 5.74) is 3.85. The highest BCUT2D eigenvalue weighted by Gasteiger charge is 2.09. The Morgan fingerprint density at radius 2 is 1.77 bits per heavy atom. The molecule has 0 bridgehead atoms. The van der Waals surface area contributed by atoms with Gasteiger partial charge in [-0.05, 0) is 36.1 Å². The van der Waals surface area contributed by atoms with Gasteiger partial charge in [-0.15, -0.1) is 0 Å². The van der Waals surface area contributed by atoms with Gasteiger partial charge in [-0.2, -0.15) is 0 Å². The molecular weight excluding hydrogens is 324 g/mol. The maximum absolute atomic E-state index is 12.3. The Hall–Kier alpha value is -3.21. The van der Waals surface area contributed by atoms with Crippen LogP contribution >= 0.6 is 0 Å². The zero-order valence-corrected chi connectivity index (χ0v) is 14.8. The number of rotatable bonds is 7. The minimum atomic E-state index is -0.207. The van der Waals surface area contributed by atoms with Crippen LogP contribution in [0.5, 0.6) is 0 Å². The molecule has 1 amide bonds. The van der Waals surface area contributed by atoms with Crippen molar-refractivity contribution in [2.24, 2.45) is 0 Å². The fourth-order valence-corrected chi connectivity index (χ4v) is 2.61. The van der Waals surface area contributed by atoms with Crippen molar-refractivity contribution in [3.63, 3.8) is 0 Å². The summed E-state index contributed by atoms with van der Waals surface area (Å²) in [7, 11) is 0. The second-order valence-corrected chi connectivity index (χ2v) is 6.04. The largest absolute Gasteiger partial charge is 0.354 e. The van der Waals surface area contributed by atoms with Gasteiger partial charge >= 0.3 is 0 Å². The van der Waals surface area contributed by atoms with E-state index in [1.807, 2.05) is 49.4 Å². The van der Waals surface area contributed by atoms with Crippen LogP contribution < -0.4 is 10.6 Å².